The molecule has 1 heteroatoms. The highest BCUT2D eigenvalue weighted by atomic mass is 14.9. The molecule has 2 rings (SSSR count). The third-order valence-electron chi connectivity index (χ3n) is 4.84. The summed E-state index contributed by atoms with van der Waals surface area (Å²) >= 11 is 0. The molecule has 76 valence electrons. The molecule has 1 N–H and O–H groups in total. The van der Waals surface area contributed by atoms with E-state index in [4.69, 9.17) is 0 Å². The van der Waals surface area contributed by atoms with Gasteiger partial charge in [0.15, 0.2) is 0 Å². The van der Waals surface area contributed by atoms with Gasteiger partial charge in [-0.2, -0.15) is 0 Å². The molecule has 0 amide bonds. The molecule has 0 radical (unpaired) electrons. The zero-order valence-electron chi connectivity index (χ0n) is 9.43. The van der Waals surface area contributed by atoms with Gasteiger partial charge in [0.05, 0.1) is 0 Å². The summed E-state index contributed by atoms with van der Waals surface area (Å²) in [4.78, 5) is 0. The molecule has 0 aromatic heterocycles. The lowest BCUT2D eigenvalue weighted by Crippen LogP contribution is -2.41. The fourth-order valence-corrected chi connectivity index (χ4v) is 4.11. The number of hydrogen-bond donors (Lipinski definition) is 1. The minimum absolute atomic E-state index is 0.589. The maximum Gasteiger partial charge on any atom is 0.0103 e. The molecule has 0 aromatic rings. The van der Waals surface area contributed by atoms with Gasteiger partial charge in [-0.1, -0.05) is 27.2 Å². The minimum Gasteiger partial charge on any atom is -0.317 e. The molecule has 2 aliphatic carbocycles. The van der Waals surface area contributed by atoms with E-state index in [0.29, 0.717) is 5.41 Å². The molecule has 1 nitrogen and oxygen atoms in total. The van der Waals surface area contributed by atoms with E-state index in [9.17, 15) is 0 Å². The largest absolute Gasteiger partial charge is 0.317 e. The molecule has 0 aromatic carbocycles. The van der Waals surface area contributed by atoms with E-state index < -0.39 is 0 Å². The lowest BCUT2D eigenvalue weighted by Gasteiger charge is -2.42. The summed E-state index contributed by atoms with van der Waals surface area (Å²) in [5.41, 5.74) is 0.589. The Balaban J connectivity index is 2.26. The predicted molar refractivity (Wildman–Crippen MR) is 56.6 cm³/mol. The Labute approximate surface area is 82.3 Å². The van der Waals surface area contributed by atoms with Crippen molar-refractivity contribution in [2.75, 3.05) is 7.05 Å². The van der Waals surface area contributed by atoms with Gasteiger partial charge in [-0.15, -0.1) is 0 Å². The topological polar surface area (TPSA) is 12.0 Å². The van der Waals surface area contributed by atoms with Crippen molar-refractivity contribution in [2.24, 2.45) is 23.2 Å². The second kappa shape index (κ2) is 2.98. The molecule has 0 spiro atoms. The quantitative estimate of drug-likeness (QED) is 0.656. The van der Waals surface area contributed by atoms with Crippen molar-refractivity contribution in [3.63, 3.8) is 0 Å². The molecule has 0 saturated heterocycles. The molecule has 2 aliphatic rings. The van der Waals surface area contributed by atoms with Gasteiger partial charge in [0.2, 0.25) is 0 Å². The van der Waals surface area contributed by atoms with E-state index >= 15 is 0 Å². The number of nitrogens with one attached hydrogen (secondary N) is 1. The Morgan fingerprint density at radius 2 is 1.92 bits per heavy atom. The third-order valence-corrected chi connectivity index (χ3v) is 4.84. The summed E-state index contributed by atoms with van der Waals surface area (Å²) in [6.07, 6.45) is 4.33. The Morgan fingerprint density at radius 3 is 2.54 bits per heavy atom. The van der Waals surface area contributed by atoms with E-state index in [0.717, 1.165) is 23.8 Å². The zero-order chi connectivity index (χ0) is 9.64. The summed E-state index contributed by atoms with van der Waals surface area (Å²) in [5.74, 6) is 2.81. The Morgan fingerprint density at radius 1 is 1.23 bits per heavy atom. The van der Waals surface area contributed by atoms with E-state index in [2.05, 4.69) is 33.1 Å². The lowest BCUT2D eigenvalue weighted by atomic mass is 9.63. The van der Waals surface area contributed by atoms with E-state index in [-0.39, 0.29) is 0 Å². The standard InChI is InChI=1S/C12H23N/c1-8-5-6-9-7-10(13-4)11(8)12(9,2)3/h8-11,13H,5-7H2,1-4H3. The van der Waals surface area contributed by atoms with Crippen molar-refractivity contribution in [3.8, 4) is 0 Å². The molecular formula is C12H23N. The van der Waals surface area contributed by atoms with Crippen molar-refractivity contribution >= 4 is 0 Å². The second-order valence-corrected chi connectivity index (χ2v) is 5.73. The average Bonchev–Trinajstić information content (AvgIpc) is 2.23. The second-order valence-electron chi connectivity index (χ2n) is 5.73. The molecule has 13 heavy (non-hydrogen) atoms. The van der Waals surface area contributed by atoms with Crippen LogP contribution in [0.1, 0.15) is 40.0 Å². The van der Waals surface area contributed by atoms with Crippen LogP contribution in [0.5, 0.6) is 0 Å². The van der Waals surface area contributed by atoms with Crippen LogP contribution in [-0.2, 0) is 0 Å². The minimum atomic E-state index is 0.589. The lowest BCUT2D eigenvalue weighted by molar-refractivity contribution is 0.0708. The highest BCUT2D eigenvalue weighted by Gasteiger charge is 2.52. The van der Waals surface area contributed by atoms with Crippen LogP contribution in [0.3, 0.4) is 0 Å². The molecule has 2 bridgehead atoms. The van der Waals surface area contributed by atoms with Gasteiger partial charge in [0.25, 0.3) is 0 Å². The molecule has 4 unspecified atom stereocenters. The van der Waals surface area contributed by atoms with Crippen molar-refractivity contribution in [2.45, 2.75) is 46.1 Å². The highest BCUT2D eigenvalue weighted by molar-refractivity contribution is 5.04. The first kappa shape index (κ1) is 9.51. The van der Waals surface area contributed by atoms with Gasteiger partial charge in [0.1, 0.15) is 0 Å². The van der Waals surface area contributed by atoms with Crippen LogP contribution in [0.2, 0.25) is 0 Å². The van der Waals surface area contributed by atoms with Crippen molar-refractivity contribution in [1.82, 2.24) is 5.32 Å². The normalized spacial score (nSPS) is 48.0. The first-order valence-corrected chi connectivity index (χ1v) is 5.74. The summed E-state index contributed by atoms with van der Waals surface area (Å²) in [7, 11) is 2.13. The molecular weight excluding hydrogens is 158 g/mol. The van der Waals surface area contributed by atoms with Gasteiger partial charge in [0, 0.05) is 6.04 Å². The maximum absolute atomic E-state index is 3.52. The zero-order valence-corrected chi connectivity index (χ0v) is 9.43. The van der Waals surface area contributed by atoms with Crippen LogP contribution >= 0.6 is 0 Å². The van der Waals surface area contributed by atoms with Crippen LogP contribution in [0.4, 0.5) is 0 Å². The van der Waals surface area contributed by atoms with Crippen LogP contribution in [0, 0.1) is 23.2 Å². The highest BCUT2D eigenvalue weighted by Crippen LogP contribution is 2.56. The Bertz CT molecular complexity index is 197. The first-order valence-electron chi connectivity index (χ1n) is 5.74. The summed E-state index contributed by atoms with van der Waals surface area (Å²) in [5, 5.41) is 3.52. The number of rotatable bonds is 1. The summed E-state index contributed by atoms with van der Waals surface area (Å²) in [6, 6.07) is 0.789. The van der Waals surface area contributed by atoms with Gasteiger partial charge >= 0.3 is 0 Å². The Hall–Kier alpha value is -0.0400. The molecule has 2 fully saturated rings. The van der Waals surface area contributed by atoms with E-state index in [1.165, 1.54) is 19.3 Å². The molecule has 0 aliphatic heterocycles. The predicted octanol–water partition coefficient (Wildman–Crippen LogP) is 2.67. The average molecular weight is 181 g/mol. The van der Waals surface area contributed by atoms with E-state index in [1.54, 1.807) is 0 Å². The molecule has 2 saturated carbocycles. The molecule has 0 heterocycles. The maximum atomic E-state index is 3.52. The number of fused-ring (bicyclic) bond motifs is 2. The summed E-state index contributed by atoms with van der Waals surface area (Å²) < 4.78 is 0. The van der Waals surface area contributed by atoms with Crippen LogP contribution in [0.25, 0.3) is 0 Å². The molecule has 4 atom stereocenters. The first-order chi connectivity index (χ1) is 6.07. The van der Waals surface area contributed by atoms with Crippen molar-refractivity contribution in [1.29, 1.82) is 0 Å². The van der Waals surface area contributed by atoms with Gasteiger partial charge < -0.3 is 5.32 Å². The van der Waals surface area contributed by atoms with Gasteiger partial charge in [-0.05, 0) is 43.1 Å². The van der Waals surface area contributed by atoms with E-state index in [1.807, 2.05) is 0 Å². The van der Waals surface area contributed by atoms with Crippen molar-refractivity contribution in [3.05, 3.63) is 0 Å². The van der Waals surface area contributed by atoms with Gasteiger partial charge in [-0.3, -0.25) is 0 Å². The van der Waals surface area contributed by atoms with Crippen LogP contribution in [-0.4, -0.2) is 13.1 Å². The monoisotopic (exact) mass is 181 g/mol. The summed E-state index contributed by atoms with van der Waals surface area (Å²) in [6.45, 7) is 7.41. The van der Waals surface area contributed by atoms with Crippen LogP contribution in [0.15, 0.2) is 0 Å². The third kappa shape index (κ3) is 1.24. The van der Waals surface area contributed by atoms with Crippen LogP contribution < -0.4 is 5.32 Å². The van der Waals surface area contributed by atoms with Gasteiger partial charge in [-0.25, -0.2) is 0 Å². The SMILES string of the molecule is CNC1CC2CCC(C)C1C2(C)C. The smallest absolute Gasteiger partial charge is 0.0103 e. The fourth-order valence-electron chi connectivity index (χ4n) is 4.11. The fraction of sp³-hybridized carbons (Fsp3) is 1.00. The number of hydrogen-bond acceptors (Lipinski definition) is 1. The Kier molecular flexibility index (Phi) is 2.18. The van der Waals surface area contributed by atoms with Crippen molar-refractivity contribution < 1.29 is 0 Å².